The highest BCUT2D eigenvalue weighted by Crippen LogP contribution is 2.38. The number of hydrogen-bond acceptors (Lipinski definition) is 9. The minimum atomic E-state index is -1.39. The van der Waals surface area contributed by atoms with Crippen molar-refractivity contribution < 1.29 is 43.2 Å². The molecule has 3 N–H and O–H groups in total. The van der Waals surface area contributed by atoms with Gasteiger partial charge in [-0.05, 0) is 42.4 Å². The predicted molar refractivity (Wildman–Crippen MR) is 150 cm³/mol. The number of carbonyl (C=O) groups is 4. The van der Waals surface area contributed by atoms with Crippen molar-refractivity contribution >= 4 is 24.1 Å². The molecule has 0 aromatic heterocycles. The van der Waals surface area contributed by atoms with Gasteiger partial charge in [-0.1, -0.05) is 68.4 Å². The van der Waals surface area contributed by atoms with Crippen molar-refractivity contribution in [1.82, 2.24) is 0 Å². The van der Waals surface area contributed by atoms with E-state index in [-0.39, 0.29) is 35.9 Å². The highest BCUT2D eigenvalue weighted by atomic mass is 16.7. The van der Waals surface area contributed by atoms with Gasteiger partial charge in [0.2, 0.25) is 0 Å². The lowest BCUT2D eigenvalue weighted by molar-refractivity contribution is -0.142. The van der Waals surface area contributed by atoms with E-state index < -0.39 is 59.9 Å². The highest BCUT2D eigenvalue weighted by molar-refractivity contribution is 5.79. The molecule has 0 amide bonds. The molecule has 1 rings (SSSR count). The molecule has 0 spiro atoms. The monoisotopic (exact) mass is 565 g/mol. The van der Waals surface area contributed by atoms with E-state index in [1.807, 2.05) is 41.5 Å². The molecule has 0 saturated carbocycles. The van der Waals surface area contributed by atoms with E-state index in [0.29, 0.717) is 5.56 Å². The van der Waals surface area contributed by atoms with Crippen LogP contribution < -0.4 is 15.2 Å². The number of carboxylic acids is 1. The number of esters is 2. The van der Waals surface area contributed by atoms with Crippen molar-refractivity contribution in [2.24, 2.45) is 41.2 Å². The predicted octanol–water partition coefficient (Wildman–Crippen LogP) is 5.41. The third-order valence-corrected chi connectivity index (χ3v) is 7.31. The molecule has 0 aliphatic rings. The van der Waals surface area contributed by atoms with E-state index in [1.54, 1.807) is 33.8 Å². The van der Waals surface area contributed by atoms with Crippen molar-refractivity contribution in [2.75, 3.05) is 6.61 Å². The zero-order valence-corrected chi connectivity index (χ0v) is 25.4. The second-order valence-corrected chi connectivity index (χ2v) is 11.6. The van der Waals surface area contributed by atoms with Gasteiger partial charge in [-0.15, -0.1) is 0 Å². The van der Waals surface area contributed by atoms with Gasteiger partial charge in [0, 0.05) is 11.8 Å². The zero-order chi connectivity index (χ0) is 30.9. The summed E-state index contributed by atoms with van der Waals surface area (Å²) in [6.07, 6.45) is -1.64. The Morgan fingerprint density at radius 2 is 1.30 bits per heavy atom. The number of nitrogens with two attached hydrogens (primary N) is 1. The lowest BCUT2D eigenvalue weighted by atomic mass is 9.79. The maximum atomic E-state index is 12.9. The van der Waals surface area contributed by atoms with E-state index in [1.165, 1.54) is 12.1 Å². The Balaban J connectivity index is 3.50. The topological polar surface area (TPSA) is 151 Å². The molecule has 226 valence electrons. The largest absolute Gasteiger partial charge is 0.508 e. The number of carboxylic acid groups (broad SMARTS) is 1. The van der Waals surface area contributed by atoms with Crippen LogP contribution in [0, 0.1) is 35.5 Å². The van der Waals surface area contributed by atoms with Crippen LogP contribution in [0.2, 0.25) is 0 Å². The lowest BCUT2D eigenvalue weighted by Gasteiger charge is -2.31. The molecule has 10 heteroatoms. The summed E-state index contributed by atoms with van der Waals surface area (Å²) >= 11 is 0. The Bertz CT molecular complexity index is 1020. The maximum Gasteiger partial charge on any atom is 0.508 e. The van der Waals surface area contributed by atoms with Crippen LogP contribution >= 0.6 is 0 Å². The molecule has 5 unspecified atom stereocenters. The first-order valence-electron chi connectivity index (χ1n) is 13.9. The van der Waals surface area contributed by atoms with Gasteiger partial charge in [-0.2, -0.15) is 0 Å². The van der Waals surface area contributed by atoms with Crippen LogP contribution in [-0.4, -0.2) is 47.9 Å². The van der Waals surface area contributed by atoms with E-state index in [9.17, 15) is 24.3 Å². The molecule has 0 aliphatic heterocycles. The van der Waals surface area contributed by atoms with Crippen LogP contribution in [0.3, 0.4) is 0 Å². The molecule has 1 aromatic carbocycles. The van der Waals surface area contributed by atoms with Crippen molar-refractivity contribution in [3.8, 4) is 11.5 Å². The van der Waals surface area contributed by atoms with Crippen LogP contribution in [0.1, 0.15) is 80.7 Å². The van der Waals surface area contributed by atoms with Crippen LogP contribution in [0.4, 0.5) is 4.79 Å². The van der Waals surface area contributed by atoms with E-state index in [4.69, 9.17) is 24.7 Å². The molecule has 40 heavy (non-hydrogen) atoms. The van der Waals surface area contributed by atoms with Gasteiger partial charge < -0.3 is 29.8 Å². The van der Waals surface area contributed by atoms with Crippen molar-refractivity contribution in [3.63, 3.8) is 0 Å². The smallest absolute Gasteiger partial charge is 0.480 e. The minimum absolute atomic E-state index is 0.00991. The van der Waals surface area contributed by atoms with E-state index >= 15 is 0 Å². The molecular formula is C30H47NO9. The Hall–Kier alpha value is -3.14. The summed E-state index contributed by atoms with van der Waals surface area (Å²) < 4.78 is 21.8. The lowest BCUT2D eigenvalue weighted by Crippen LogP contribution is -2.42. The van der Waals surface area contributed by atoms with Crippen molar-refractivity contribution in [1.29, 1.82) is 0 Å². The Morgan fingerprint density at radius 1 is 0.800 bits per heavy atom. The molecule has 0 heterocycles. The Labute approximate surface area is 237 Å². The third kappa shape index (κ3) is 10.1. The quantitative estimate of drug-likeness (QED) is 0.221. The summed E-state index contributed by atoms with van der Waals surface area (Å²) in [6.45, 7) is 18.3. The fraction of sp³-hybridized carbons (Fsp3) is 0.667. The van der Waals surface area contributed by atoms with Gasteiger partial charge >= 0.3 is 24.1 Å². The number of ether oxygens (including phenoxy) is 4. The first-order valence-corrected chi connectivity index (χ1v) is 13.9. The number of benzene rings is 1. The molecule has 0 aliphatic carbocycles. The van der Waals surface area contributed by atoms with Crippen LogP contribution in [-0.2, 0) is 23.9 Å². The van der Waals surface area contributed by atoms with Gasteiger partial charge in [-0.3, -0.25) is 14.4 Å². The molecule has 6 atom stereocenters. The summed E-state index contributed by atoms with van der Waals surface area (Å²) in [4.78, 5) is 49.8. The van der Waals surface area contributed by atoms with Gasteiger partial charge in [0.05, 0.1) is 18.4 Å². The Morgan fingerprint density at radius 3 is 1.75 bits per heavy atom. The zero-order valence-electron chi connectivity index (χ0n) is 25.4. The maximum absolute atomic E-state index is 12.9. The number of aliphatic carboxylic acids is 1. The summed E-state index contributed by atoms with van der Waals surface area (Å²) in [5.74, 6) is -4.50. The average Bonchev–Trinajstić information content (AvgIpc) is 2.87. The number of rotatable bonds is 14. The summed E-state index contributed by atoms with van der Waals surface area (Å²) in [5.41, 5.74) is 6.53. The number of carbonyl (C=O) groups excluding carboxylic acids is 3. The normalized spacial score (nSPS) is 16.1. The summed E-state index contributed by atoms with van der Waals surface area (Å²) in [6, 6.07) is 3.10. The first-order chi connectivity index (χ1) is 18.5. The van der Waals surface area contributed by atoms with Gasteiger partial charge in [0.25, 0.3) is 0 Å². The van der Waals surface area contributed by atoms with Crippen LogP contribution in [0.5, 0.6) is 11.5 Å². The summed E-state index contributed by atoms with van der Waals surface area (Å²) in [7, 11) is 0. The molecule has 1 aromatic rings. The van der Waals surface area contributed by atoms with Crippen LogP contribution in [0.25, 0.3) is 0 Å². The fourth-order valence-electron chi connectivity index (χ4n) is 3.65. The minimum Gasteiger partial charge on any atom is -0.480 e. The van der Waals surface area contributed by atoms with E-state index in [2.05, 4.69) is 0 Å². The highest BCUT2D eigenvalue weighted by Gasteiger charge is 2.36. The summed E-state index contributed by atoms with van der Waals surface area (Å²) in [5, 5.41) is 9.79. The van der Waals surface area contributed by atoms with Crippen molar-refractivity contribution in [3.05, 3.63) is 23.8 Å². The number of hydrogen-bond donors (Lipinski definition) is 2. The second-order valence-electron chi connectivity index (χ2n) is 11.6. The SMILES string of the molecule is CC(C)COC(=O)OC(C)C(C)C(c1ccc(OC(=O)C(C)C(C)C)c(OC(=O)C(C)C(C)C)c1)[C@H](N)C(=O)O. The standard InChI is InChI=1S/C30H47NO9/c1-15(2)14-37-30(36)38-21(10)20(9)25(26(31)27(32)33)22-11-12-23(39-28(34)18(7)16(3)4)24(13-22)40-29(35)19(8)17(5)6/h11-13,15-21,25-26H,14,31H2,1-10H3,(H,32,33)/t18?,19?,20?,21?,25?,26-/m0/s1. The molecule has 10 nitrogen and oxygen atoms in total. The molecule has 0 radical (unpaired) electrons. The average molecular weight is 566 g/mol. The fourth-order valence-corrected chi connectivity index (χ4v) is 3.65. The molecule has 0 saturated heterocycles. The Kier molecular flexibility index (Phi) is 13.6. The third-order valence-electron chi connectivity index (χ3n) is 7.31. The second kappa shape index (κ2) is 15.6. The van der Waals surface area contributed by atoms with Gasteiger partial charge in [0.15, 0.2) is 11.5 Å². The van der Waals surface area contributed by atoms with E-state index in [0.717, 1.165) is 0 Å². The molecular weight excluding hydrogens is 518 g/mol. The molecule has 0 fully saturated rings. The van der Waals surface area contributed by atoms with Gasteiger partial charge in [0.1, 0.15) is 12.1 Å². The van der Waals surface area contributed by atoms with Gasteiger partial charge in [-0.25, -0.2) is 4.79 Å². The first kappa shape index (κ1) is 34.9. The van der Waals surface area contributed by atoms with Crippen molar-refractivity contribution in [2.45, 2.75) is 87.3 Å². The van der Waals surface area contributed by atoms with Crippen LogP contribution in [0.15, 0.2) is 18.2 Å². The molecule has 0 bridgehead atoms.